The molecule has 19 heavy (non-hydrogen) atoms. The Hall–Kier alpha value is -1.86. The second kappa shape index (κ2) is 5.85. The van der Waals surface area contributed by atoms with Crippen molar-refractivity contribution in [1.29, 1.82) is 0 Å². The number of nitrogen functional groups attached to an aromatic ring is 1. The number of rotatable bonds is 4. The van der Waals surface area contributed by atoms with Gasteiger partial charge in [0.1, 0.15) is 5.82 Å². The zero-order chi connectivity index (χ0) is 13.8. The smallest absolute Gasteiger partial charge is 0.250 e. The highest BCUT2D eigenvalue weighted by molar-refractivity contribution is 5.99. The maximum Gasteiger partial charge on any atom is 0.250 e. The van der Waals surface area contributed by atoms with E-state index in [-0.39, 0.29) is 23.0 Å². The molecule has 1 saturated heterocycles. The van der Waals surface area contributed by atoms with Crippen LogP contribution in [0, 0.1) is 5.82 Å². The summed E-state index contributed by atoms with van der Waals surface area (Å²) in [5.74, 6) is -1.24. The highest BCUT2D eigenvalue weighted by Gasteiger charge is 2.16. The van der Waals surface area contributed by atoms with Crippen molar-refractivity contribution in [3.8, 4) is 0 Å². The third-order valence-corrected chi connectivity index (χ3v) is 2.81. The predicted octanol–water partition coefficient (Wildman–Crippen LogP) is 0.334. The molecule has 1 fully saturated rings. The summed E-state index contributed by atoms with van der Waals surface area (Å²) in [6.07, 6.45) is -0.150. The minimum Gasteiger partial charge on any atom is -0.398 e. The number of nitrogens with two attached hydrogens (primary N) is 2. The van der Waals surface area contributed by atoms with E-state index in [1.807, 2.05) is 0 Å². The van der Waals surface area contributed by atoms with Crippen LogP contribution in [0.4, 0.5) is 15.8 Å². The van der Waals surface area contributed by atoms with Gasteiger partial charge in [-0.15, -0.1) is 0 Å². The summed E-state index contributed by atoms with van der Waals surface area (Å²) in [6.45, 7) is 1.91. The number of halogens is 1. The zero-order valence-electron chi connectivity index (χ0n) is 10.3. The number of primary amides is 1. The maximum absolute atomic E-state index is 13.7. The Kier molecular flexibility index (Phi) is 4.18. The molecule has 0 radical (unpaired) electrons. The van der Waals surface area contributed by atoms with Gasteiger partial charge in [0, 0.05) is 12.2 Å². The lowest BCUT2D eigenvalue weighted by Gasteiger charge is -2.23. The Labute approximate surface area is 109 Å². The van der Waals surface area contributed by atoms with Gasteiger partial charge in [0.15, 0.2) is 0 Å². The molecule has 7 heteroatoms. The molecule has 0 spiro atoms. The predicted molar refractivity (Wildman–Crippen MR) is 68.4 cm³/mol. The largest absolute Gasteiger partial charge is 0.398 e. The first-order valence-corrected chi connectivity index (χ1v) is 5.90. The van der Waals surface area contributed by atoms with E-state index in [0.29, 0.717) is 26.4 Å². The lowest BCUT2D eigenvalue weighted by Crippen LogP contribution is -2.34. The van der Waals surface area contributed by atoms with Gasteiger partial charge < -0.3 is 26.3 Å². The molecule has 1 heterocycles. The van der Waals surface area contributed by atoms with Crippen LogP contribution in [0.1, 0.15) is 10.4 Å². The van der Waals surface area contributed by atoms with E-state index < -0.39 is 11.7 Å². The number of hydrogen-bond donors (Lipinski definition) is 3. The molecule has 104 valence electrons. The van der Waals surface area contributed by atoms with Crippen molar-refractivity contribution >= 4 is 17.3 Å². The minimum absolute atomic E-state index is 0.0211. The molecule has 1 aliphatic rings. The molecular formula is C12H16FN3O3. The van der Waals surface area contributed by atoms with Gasteiger partial charge in [-0.2, -0.15) is 0 Å². The molecule has 0 aromatic heterocycles. The average Bonchev–Trinajstić information content (AvgIpc) is 2.38. The maximum atomic E-state index is 13.7. The van der Waals surface area contributed by atoms with E-state index in [1.54, 1.807) is 0 Å². The molecule has 5 N–H and O–H groups in total. The lowest BCUT2D eigenvalue weighted by atomic mass is 10.1. The fraction of sp³-hybridized carbons (Fsp3) is 0.417. The topological polar surface area (TPSA) is 99.6 Å². The van der Waals surface area contributed by atoms with Crippen LogP contribution in [-0.4, -0.2) is 38.4 Å². The fourth-order valence-electron chi connectivity index (χ4n) is 1.82. The van der Waals surface area contributed by atoms with E-state index in [4.69, 9.17) is 20.9 Å². The normalized spacial score (nSPS) is 19.1. The summed E-state index contributed by atoms with van der Waals surface area (Å²) in [4.78, 5) is 11.1. The van der Waals surface area contributed by atoms with Crippen molar-refractivity contribution in [1.82, 2.24) is 0 Å². The van der Waals surface area contributed by atoms with E-state index >= 15 is 0 Å². The Morgan fingerprint density at radius 1 is 1.47 bits per heavy atom. The molecule has 6 nitrogen and oxygen atoms in total. The molecule has 1 aliphatic heterocycles. The number of hydrogen-bond acceptors (Lipinski definition) is 5. The van der Waals surface area contributed by atoms with Crippen LogP contribution in [0.15, 0.2) is 12.1 Å². The first-order valence-electron chi connectivity index (χ1n) is 5.90. The molecule has 1 aromatic rings. The van der Waals surface area contributed by atoms with Gasteiger partial charge in [-0.05, 0) is 12.1 Å². The summed E-state index contributed by atoms with van der Waals surface area (Å²) in [5, 5.41) is 2.86. The van der Waals surface area contributed by atoms with Gasteiger partial charge in [0.25, 0.3) is 5.91 Å². The van der Waals surface area contributed by atoms with Crippen LogP contribution >= 0.6 is 0 Å². The highest BCUT2D eigenvalue weighted by Crippen LogP contribution is 2.22. The molecular weight excluding hydrogens is 253 g/mol. The van der Waals surface area contributed by atoms with E-state index in [2.05, 4.69) is 5.32 Å². The number of ether oxygens (including phenoxy) is 2. The minimum atomic E-state index is -0.696. The molecule has 0 aliphatic carbocycles. The monoisotopic (exact) mass is 269 g/mol. The van der Waals surface area contributed by atoms with Crippen LogP contribution in [-0.2, 0) is 9.47 Å². The van der Waals surface area contributed by atoms with Gasteiger partial charge in [-0.3, -0.25) is 4.79 Å². The lowest BCUT2D eigenvalue weighted by molar-refractivity contribution is -0.0819. The summed E-state index contributed by atoms with van der Waals surface area (Å²) in [7, 11) is 0. The van der Waals surface area contributed by atoms with Crippen LogP contribution in [0.3, 0.4) is 0 Å². The standard InChI is InChI=1S/C12H16FN3O3/c13-9-4-10(14)8(12(15)17)3-11(9)16-5-7-6-18-1-2-19-7/h3-4,7,16H,1-2,5-6,14H2,(H2,15,17). The SMILES string of the molecule is NC(=O)c1cc(NCC2COCCO2)c(F)cc1N. The van der Waals surface area contributed by atoms with Crippen molar-refractivity contribution < 1.29 is 18.7 Å². The van der Waals surface area contributed by atoms with Crippen molar-refractivity contribution in [3.63, 3.8) is 0 Å². The number of benzene rings is 1. The Morgan fingerprint density at radius 3 is 2.89 bits per heavy atom. The number of amides is 1. The Bertz CT molecular complexity index is 476. The molecule has 1 aromatic carbocycles. The molecule has 1 unspecified atom stereocenters. The average molecular weight is 269 g/mol. The van der Waals surface area contributed by atoms with Gasteiger partial charge in [-0.1, -0.05) is 0 Å². The number of carbonyl (C=O) groups is 1. The third-order valence-electron chi connectivity index (χ3n) is 2.81. The number of carbonyl (C=O) groups excluding carboxylic acids is 1. The van der Waals surface area contributed by atoms with Crippen molar-refractivity contribution in [2.24, 2.45) is 5.73 Å². The quantitative estimate of drug-likeness (QED) is 0.684. The summed E-state index contributed by atoms with van der Waals surface area (Å²) < 4.78 is 24.3. The molecule has 0 saturated carbocycles. The second-order valence-electron chi connectivity index (χ2n) is 4.23. The van der Waals surface area contributed by atoms with Gasteiger partial charge in [0.05, 0.1) is 37.2 Å². The first-order chi connectivity index (χ1) is 9.08. The number of nitrogens with one attached hydrogen (secondary N) is 1. The van der Waals surface area contributed by atoms with Crippen molar-refractivity contribution in [3.05, 3.63) is 23.5 Å². The molecule has 0 bridgehead atoms. The van der Waals surface area contributed by atoms with Crippen molar-refractivity contribution in [2.45, 2.75) is 6.10 Å². The van der Waals surface area contributed by atoms with Crippen LogP contribution < -0.4 is 16.8 Å². The second-order valence-corrected chi connectivity index (χ2v) is 4.23. The molecule has 2 rings (SSSR count). The van der Waals surface area contributed by atoms with Crippen LogP contribution in [0.25, 0.3) is 0 Å². The van der Waals surface area contributed by atoms with E-state index in [0.717, 1.165) is 6.07 Å². The van der Waals surface area contributed by atoms with Gasteiger partial charge >= 0.3 is 0 Å². The van der Waals surface area contributed by atoms with Crippen LogP contribution in [0.2, 0.25) is 0 Å². The third kappa shape index (κ3) is 3.33. The Morgan fingerprint density at radius 2 is 2.26 bits per heavy atom. The molecule has 1 atom stereocenters. The highest BCUT2D eigenvalue weighted by atomic mass is 19.1. The van der Waals surface area contributed by atoms with E-state index in [9.17, 15) is 9.18 Å². The van der Waals surface area contributed by atoms with Crippen molar-refractivity contribution in [2.75, 3.05) is 37.4 Å². The fourth-order valence-corrected chi connectivity index (χ4v) is 1.82. The summed E-state index contributed by atoms with van der Waals surface area (Å²) in [6, 6.07) is 2.37. The number of anilines is 2. The van der Waals surface area contributed by atoms with E-state index in [1.165, 1.54) is 6.07 Å². The van der Waals surface area contributed by atoms with Gasteiger partial charge in [-0.25, -0.2) is 4.39 Å². The zero-order valence-corrected chi connectivity index (χ0v) is 10.3. The van der Waals surface area contributed by atoms with Crippen LogP contribution in [0.5, 0.6) is 0 Å². The Balaban J connectivity index is 2.06. The summed E-state index contributed by atoms with van der Waals surface area (Å²) in [5.41, 5.74) is 10.9. The van der Waals surface area contributed by atoms with Gasteiger partial charge in [0.2, 0.25) is 0 Å². The molecule has 1 amide bonds. The summed E-state index contributed by atoms with van der Waals surface area (Å²) >= 11 is 0. The first kappa shape index (κ1) is 13.6.